The average molecular weight is 320 g/mol. The molecule has 1 amide bonds. The van der Waals surface area contributed by atoms with Gasteiger partial charge < -0.3 is 14.4 Å². The van der Waals surface area contributed by atoms with Gasteiger partial charge in [-0.2, -0.15) is 0 Å². The molecule has 126 valence electrons. The molecule has 0 bridgehead atoms. The van der Waals surface area contributed by atoms with Crippen LogP contribution < -0.4 is 0 Å². The molecule has 1 aromatic rings. The quantitative estimate of drug-likeness (QED) is 0.787. The molecule has 0 saturated carbocycles. The molecule has 1 spiro atoms. The lowest BCUT2D eigenvalue weighted by Crippen LogP contribution is -2.60. The first-order valence-corrected chi connectivity index (χ1v) is 8.11. The van der Waals surface area contributed by atoms with Gasteiger partial charge in [0.2, 0.25) is 0 Å². The van der Waals surface area contributed by atoms with E-state index in [0.717, 1.165) is 13.1 Å². The normalized spacial score (nSPS) is 26.5. The fourth-order valence-electron chi connectivity index (χ4n) is 3.15. The van der Waals surface area contributed by atoms with E-state index in [2.05, 4.69) is 28.7 Å². The summed E-state index contributed by atoms with van der Waals surface area (Å²) < 4.78 is 11.9. The van der Waals surface area contributed by atoms with Gasteiger partial charge in [-0.3, -0.25) is 14.7 Å². The molecule has 2 aliphatic heterocycles. The smallest absolute Gasteiger partial charge is 0.274 e. The summed E-state index contributed by atoms with van der Waals surface area (Å²) in [4.78, 5) is 24.9. The molecule has 2 aliphatic rings. The van der Waals surface area contributed by atoms with Crippen LogP contribution >= 0.6 is 0 Å². The van der Waals surface area contributed by atoms with Crippen LogP contribution in [0.1, 0.15) is 24.3 Å². The Balaban J connectivity index is 1.75. The molecule has 3 heterocycles. The van der Waals surface area contributed by atoms with E-state index in [1.54, 1.807) is 17.3 Å². The Labute approximate surface area is 136 Å². The van der Waals surface area contributed by atoms with Crippen LogP contribution in [0.5, 0.6) is 0 Å². The van der Waals surface area contributed by atoms with Gasteiger partial charge in [-0.25, -0.2) is 4.98 Å². The number of hydrogen-bond acceptors (Lipinski definition) is 6. The Morgan fingerprint density at radius 1 is 1.26 bits per heavy atom. The van der Waals surface area contributed by atoms with Crippen LogP contribution in [0, 0.1) is 0 Å². The Morgan fingerprint density at radius 2 is 2.13 bits per heavy atom. The largest absolute Gasteiger partial charge is 0.377 e. The molecular weight excluding hydrogens is 296 g/mol. The third-order valence-electron chi connectivity index (χ3n) is 4.43. The summed E-state index contributed by atoms with van der Waals surface area (Å²) in [6.07, 6.45) is 4.62. The topological polar surface area (TPSA) is 67.8 Å². The lowest BCUT2D eigenvalue weighted by Gasteiger charge is -2.43. The van der Waals surface area contributed by atoms with Crippen LogP contribution in [0.25, 0.3) is 0 Å². The maximum absolute atomic E-state index is 12.6. The first-order chi connectivity index (χ1) is 11.1. The molecule has 1 atom stereocenters. The highest BCUT2D eigenvalue weighted by atomic mass is 16.5. The fourth-order valence-corrected chi connectivity index (χ4v) is 3.15. The van der Waals surface area contributed by atoms with Crippen LogP contribution in [0.4, 0.5) is 0 Å². The van der Waals surface area contributed by atoms with Gasteiger partial charge >= 0.3 is 0 Å². The molecule has 1 aromatic heterocycles. The highest BCUT2D eigenvalue weighted by Gasteiger charge is 2.42. The van der Waals surface area contributed by atoms with Gasteiger partial charge in [-0.1, -0.05) is 0 Å². The van der Waals surface area contributed by atoms with Gasteiger partial charge in [0.05, 0.1) is 32.6 Å². The summed E-state index contributed by atoms with van der Waals surface area (Å²) >= 11 is 0. The van der Waals surface area contributed by atoms with E-state index in [9.17, 15) is 4.79 Å². The van der Waals surface area contributed by atoms with Gasteiger partial charge in [0.15, 0.2) is 0 Å². The number of rotatable bonds is 2. The number of ether oxygens (including phenoxy) is 2. The van der Waals surface area contributed by atoms with Gasteiger partial charge in [0, 0.05) is 38.1 Å². The van der Waals surface area contributed by atoms with Crippen LogP contribution in [0.2, 0.25) is 0 Å². The number of aromatic nitrogens is 2. The number of hydrogen-bond donors (Lipinski definition) is 0. The van der Waals surface area contributed by atoms with Crippen molar-refractivity contribution in [3.05, 3.63) is 24.3 Å². The fraction of sp³-hybridized carbons (Fsp3) is 0.688. The summed E-state index contributed by atoms with van der Waals surface area (Å²) in [6, 6.07) is 0.420. The molecule has 0 N–H and O–H groups in total. The molecule has 2 saturated heterocycles. The zero-order valence-electron chi connectivity index (χ0n) is 13.8. The van der Waals surface area contributed by atoms with E-state index in [1.165, 1.54) is 6.20 Å². The molecule has 0 aliphatic carbocycles. The lowest BCUT2D eigenvalue weighted by molar-refractivity contribution is -0.134. The summed E-state index contributed by atoms with van der Waals surface area (Å²) in [5, 5.41) is 0. The van der Waals surface area contributed by atoms with Crippen molar-refractivity contribution in [3.8, 4) is 0 Å². The van der Waals surface area contributed by atoms with Crippen LogP contribution in [-0.2, 0) is 9.47 Å². The van der Waals surface area contributed by atoms with Gasteiger partial charge in [-0.15, -0.1) is 0 Å². The standard InChI is InChI=1S/C16H24N4O3/c1-13(2)19-5-7-22-12-16(10-19)11-20(6-8-23-16)15(21)14-9-17-3-4-18-14/h3-4,9,13H,5-8,10-12H2,1-2H3/t16-/m0/s1. The number of carbonyl (C=O) groups is 1. The van der Waals surface area contributed by atoms with E-state index in [4.69, 9.17) is 9.47 Å². The maximum Gasteiger partial charge on any atom is 0.274 e. The van der Waals surface area contributed by atoms with Gasteiger partial charge in [-0.05, 0) is 13.8 Å². The van der Waals surface area contributed by atoms with E-state index < -0.39 is 5.60 Å². The predicted molar refractivity (Wildman–Crippen MR) is 84.1 cm³/mol. The summed E-state index contributed by atoms with van der Waals surface area (Å²) in [5.74, 6) is -0.0962. The maximum atomic E-state index is 12.6. The SMILES string of the molecule is CC(C)N1CCOC[C@@]2(CN(C(=O)c3cnccn3)CCO2)C1. The predicted octanol–water partition coefficient (Wildman–Crippen LogP) is 0.428. The molecule has 0 aromatic carbocycles. The Hall–Kier alpha value is -1.57. The number of morpholine rings is 1. The second-order valence-corrected chi connectivity index (χ2v) is 6.47. The molecule has 0 unspecified atom stereocenters. The first kappa shape index (κ1) is 16.3. The van der Waals surface area contributed by atoms with Crippen molar-refractivity contribution in [3.63, 3.8) is 0 Å². The average Bonchev–Trinajstić information content (AvgIpc) is 2.78. The highest BCUT2D eigenvalue weighted by Crippen LogP contribution is 2.24. The molecule has 7 nitrogen and oxygen atoms in total. The molecular formula is C16H24N4O3. The first-order valence-electron chi connectivity index (χ1n) is 8.11. The summed E-state index contributed by atoms with van der Waals surface area (Å²) in [6.45, 7) is 8.82. The summed E-state index contributed by atoms with van der Waals surface area (Å²) in [7, 11) is 0. The van der Waals surface area contributed by atoms with E-state index in [-0.39, 0.29) is 5.91 Å². The number of carbonyl (C=O) groups excluding carboxylic acids is 1. The Bertz CT molecular complexity index is 539. The van der Waals surface area contributed by atoms with E-state index >= 15 is 0 Å². The van der Waals surface area contributed by atoms with E-state index in [1.807, 2.05) is 0 Å². The summed E-state index contributed by atoms with van der Waals surface area (Å²) in [5.41, 5.74) is -0.0866. The zero-order valence-corrected chi connectivity index (χ0v) is 13.8. The molecule has 2 fully saturated rings. The zero-order chi connectivity index (χ0) is 16.3. The number of nitrogens with zero attached hydrogens (tertiary/aromatic N) is 4. The highest BCUT2D eigenvalue weighted by molar-refractivity contribution is 5.92. The second kappa shape index (κ2) is 6.90. The number of amides is 1. The van der Waals surface area contributed by atoms with Crippen molar-refractivity contribution >= 4 is 5.91 Å². The van der Waals surface area contributed by atoms with Crippen molar-refractivity contribution in [1.82, 2.24) is 19.8 Å². The van der Waals surface area contributed by atoms with Crippen molar-refractivity contribution in [2.75, 3.05) is 46.0 Å². The van der Waals surface area contributed by atoms with Crippen molar-refractivity contribution in [2.45, 2.75) is 25.5 Å². The third kappa shape index (κ3) is 3.68. The van der Waals surface area contributed by atoms with Crippen molar-refractivity contribution < 1.29 is 14.3 Å². The van der Waals surface area contributed by atoms with Crippen molar-refractivity contribution in [1.29, 1.82) is 0 Å². The van der Waals surface area contributed by atoms with Crippen LogP contribution in [0.3, 0.4) is 0 Å². The molecule has 0 radical (unpaired) electrons. The molecule has 3 rings (SSSR count). The molecule has 7 heteroatoms. The van der Waals surface area contributed by atoms with Crippen molar-refractivity contribution in [2.24, 2.45) is 0 Å². The monoisotopic (exact) mass is 320 g/mol. The Morgan fingerprint density at radius 3 is 2.87 bits per heavy atom. The van der Waals surface area contributed by atoms with Crippen LogP contribution in [0.15, 0.2) is 18.6 Å². The third-order valence-corrected chi connectivity index (χ3v) is 4.43. The second-order valence-electron chi connectivity index (χ2n) is 6.47. The minimum atomic E-state index is -0.461. The molecule has 23 heavy (non-hydrogen) atoms. The Kier molecular flexibility index (Phi) is 4.89. The lowest BCUT2D eigenvalue weighted by atomic mass is 10.0. The van der Waals surface area contributed by atoms with Gasteiger partial charge in [0.25, 0.3) is 5.91 Å². The minimum absolute atomic E-state index is 0.0962. The van der Waals surface area contributed by atoms with Crippen LogP contribution in [-0.4, -0.2) is 83.3 Å². The van der Waals surface area contributed by atoms with E-state index in [0.29, 0.717) is 44.6 Å². The minimum Gasteiger partial charge on any atom is -0.377 e. The van der Waals surface area contributed by atoms with Gasteiger partial charge in [0.1, 0.15) is 11.3 Å².